The zero-order chi connectivity index (χ0) is 10.0. The van der Waals surface area contributed by atoms with E-state index in [1.165, 1.54) is 11.8 Å². The molecule has 0 radical (unpaired) electrons. The van der Waals surface area contributed by atoms with E-state index in [1.807, 2.05) is 13.2 Å². The number of nitrogens with zero attached hydrogens (tertiary/aromatic N) is 2. The molecule has 0 unspecified atom stereocenters. The molecule has 1 aromatic rings. The molecule has 0 aliphatic rings. The van der Waals surface area contributed by atoms with Gasteiger partial charge in [-0.2, -0.15) is 0 Å². The van der Waals surface area contributed by atoms with Gasteiger partial charge < -0.3 is 5.73 Å². The fourth-order valence-corrected chi connectivity index (χ4v) is 1.80. The van der Waals surface area contributed by atoms with Gasteiger partial charge in [-0.05, 0) is 19.1 Å². The molecule has 0 aliphatic heterocycles. The van der Waals surface area contributed by atoms with E-state index < -0.39 is 0 Å². The van der Waals surface area contributed by atoms with Gasteiger partial charge in [-0.25, -0.2) is 9.97 Å². The Bertz CT molecular complexity index is 287. The summed E-state index contributed by atoms with van der Waals surface area (Å²) in [6, 6.07) is 0. The molecule has 0 aliphatic carbocycles. The summed E-state index contributed by atoms with van der Waals surface area (Å²) in [5, 5.41) is 0.749. The summed E-state index contributed by atoms with van der Waals surface area (Å²) in [7, 11) is 0. The van der Waals surface area contributed by atoms with Crippen LogP contribution in [-0.2, 0) is 0 Å². The van der Waals surface area contributed by atoms with Crippen molar-refractivity contribution < 1.29 is 0 Å². The summed E-state index contributed by atoms with van der Waals surface area (Å²) < 4.78 is 0. The predicted octanol–water partition coefficient (Wildman–Crippen LogP) is 2.21. The number of aromatic nitrogens is 2. The predicted molar refractivity (Wildman–Crippen MR) is 57.1 cm³/mol. The van der Waals surface area contributed by atoms with Gasteiger partial charge in [0.05, 0.1) is 0 Å². The quantitative estimate of drug-likeness (QED) is 0.583. The van der Waals surface area contributed by atoms with Gasteiger partial charge in [0, 0.05) is 11.3 Å². The van der Waals surface area contributed by atoms with E-state index in [9.17, 15) is 0 Å². The van der Waals surface area contributed by atoms with Crippen molar-refractivity contribution >= 4 is 17.6 Å². The molecule has 2 N–H and O–H groups in total. The molecule has 0 spiro atoms. The standard InChI is InChI=1S/C9H15N3S/c1-5(2)7-6(3)11-9(13-4)12-8(7)10/h5H,1-4H3,(H2,10,11,12). The highest BCUT2D eigenvalue weighted by Gasteiger charge is 2.11. The lowest BCUT2D eigenvalue weighted by molar-refractivity contribution is 0.807. The molecule has 3 nitrogen and oxygen atoms in total. The molecule has 72 valence electrons. The molecule has 13 heavy (non-hydrogen) atoms. The molecule has 0 saturated carbocycles. The van der Waals surface area contributed by atoms with Crippen LogP contribution in [0.3, 0.4) is 0 Å². The Morgan fingerprint density at radius 3 is 2.31 bits per heavy atom. The second kappa shape index (κ2) is 3.96. The Kier molecular flexibility index (Phi) is 3.14. The number of hydrogen-bond donors (Lipinski definition) is 1. The second-order valence-corrected chi connectivity index (χ2v) is 4.02. The number of anilines is 1. The van der Waals surface area contributed by atoms with Gasteiger partial charge in [0.1, 0.15) is 5.82 Å². The number of rotatable bonds is 2. The van der Waals surface area contributed by atoms with Gasteiger partial charge in [-0.15, -0.1) is 0 Å². The smallest absolute Gasteiger partial charge is 0.189 e. The van der Waals surface area contributed by atoms with Gasteiger partial charge in [0.15, 0.2) is 5.16 Å². The first-order valence-corrected chi connectivity index (χ1v) is 5.46. The number of aryl methyl sites for hydroxylation is 1. The van der Waals surface area contributed by atoms with Gasteiger partial charge >= 0.3 is 0 Å². The van der Waals surface area contributed by atoms with Crippen molar-refractivity contribution in [2.45, 2.75) is 31.8 Å². The van der Waals surface area contributed by atoms with Crippen molar-refractivity contribution in [3.63, 3.8) is 0 Å². The SMILES string of the molecule is CSc1nc(C)c(C(C)C)c(N)n1. The lowest BCUT2D eigenvalue weighted by Crippen LogP contribution is -2.05. The largest absolute Gasteiger partial charge is 0.383 e. The molecule has 0 amide bonds. The van der Waals surface area contributed by atoms with Gasteiger partial charge in [0.2, 0.25) is 0 Å². The number of nitrogen functional groups attached to an aromatic ring is 1. The number of nitrogens with two attached hydrogens (primary N) is 1. The van der Waals surface area contributed by atoms with Crippen molar-refractivity contribution in [1.82, 2.24) is 9.97 Å². The van der Waals surface area contributed by atoms with Crippen LogP contribution in [0, 0.1) is 6.92 Å². The van der Waals surface area contributed by atoms with E-state index >= 15 is 0 Å². The summed E-state index contributed by atoms with van der Waals surface area (Å²) in [5.74, 6) is 1.00. The third-order valence-electron chi connectivity index (χ3n) is 1.91. The van der Waals surface area contributed by atoms with Crippen LogP contribution in [0.1, 0.15) is 31.0 Å². The molecule has 1 heterocycles. The van der Waals surface area contributed by atoms with Crippen molar-refractivity contribution in [1.29, 1.82) is 0 Å². The first-order chi connectivity index (χ1) is 6.06. The average Bonchev–Trinajstić information content (AvgIpc) is 2.02. The fourth-order valence-electron chi connectivity index (χ4n) is 1.38. The first kappa shape index (κ1) is 10.3. The van der Waals surface area contributed by atoms with E-state index in [-0.39, 0.29) is 0 Å². The molecule has 0 aromatic carbocycles. The Labute approximate surface area is 83.2 Å². The first-order valence-electron chi connectivity index (χ1n) is 4.24. The van der Waals surface area contributed by atoms with Crippen LogP contribution >= 0.6 is 11.8 Å². The normalized spacial score (nSPS) is 10.8. The van der Waals surface area contributed by atoms with Gasteiger partial charge in [-0.3, -0.25) is 0 Å². The minimum Gasteiger partial charge on any atom is -0.383 e. The van der Waals surface area contributed by atoms with Crippen molar-refractivity contribution in [3.8, 4) is 0 Å². The van der Waals surface area contributed by atoms with Crippen LogP contribution in [0.25, 0.3) is 0 Å². The van der Waals surface area contributed by atoms with E-state index in [2.05, 4.69) is 23.8 Å². The molecule has 1 rings (SSSR count). The zero-order valence-electron chi connectivity index (χ0n) is 8.46. The van der Waals surface area contributed by atoms with Crippen molar-refractivity contribution in [2.24, 2.45) is 0 Å². The lowest BCUT2D eigenvalue weighted by Gasteiger charge is -2.11. The van der Waals surface area contributed by atoms with E-state index in [0.29, 0.717) is 11.7 Å². The second-order valence-electron chi connectivity index (χ2n) is 3.25. The van der Waals surface area contributed by atoms with Crippen LogP contribution in [0.15, 0.2) is 5.16 Å². The fraction of sp³-hybridized carbons (Fsp3) is 0.556. The van der Waals surface area contributed by atoms with Crippen LogP contribution < -0.4 is 5.73 Å². The average molecular weight is 197 g/mol. The topological polar surface area (TPSA) is 51.8 Å². The van der Waals surface area contributed by atoms with Gasteiger partial charge in [-0.1, -0.05) is 25.6 Å². The lowest BCUT2D eigenvalue weighted by atomic mass is 10.0. The van der Waals surface area contributed by atoms with Gasteiger partial charge in [0.25, 0.3) is 0 Å². The molecular weight excluding hydrogens is 182 g/mol. The molecule has 0 bridgehead atoms. The molecule has 1 aromatic heterocycles. The summed E-state index contributed by atoms with van der Waals surface area (Å²) in [6.07, 6.45) is 1.95. The minimum absolute atomic E-state index is 0.385. The Morgan fingerprint density at radius 2 is 1.92 bits per heavy atom. The molecule has 0 fully saturated rings. The summed E-state index contributed by atoms with van der Waals surface area (Å²) in [5.41, 5.74) is 7.89. The van der Waals surface area contributed by atoms with E-state index in [0.717, 1.165) is 16.4 Å². The van der Waals surface area contributed by atoms with Crippen molar-refractivity contribution in [3.05, 3.63) is 11.3 Å². The zero-order valence-corrected chi connectivity index (χ0v) is 9.27. The maximum absolute atomic E-state index is 5.83. The Hall–Kier alpha value is -0.770. The monoisotopic (exact) mass is 197 g/mol. The number of hydrogen-bond acceptors (Lipinski definition) is 4. The van der Waals surface area contributed by atoms with Crippen molar-refractivity contribution in [2.75, 3.05) is 12.0 Å². The minimum atomic E-state index is 0.385. The highest BCUT2D eigenvalue weighted by atomic mass is 32.2. The highest BCUT2D eigenvalue weighted by Crippen LogP contribution is 2.24. The molecule has 0 saturated heterocycles. The van der Waals surface area contributed by atoms with Crippen LogP contribution in [-0.4, -0.2) is 16.2 Å². The third-order valence-corrected chi connectivity index (χ3v) is 2.45. The summed E-state index contributed by atoms with van der Waals surface area (Å²) in [4.78, 5) is 8.55. The van der Waals surface area contributed by atoms with Crippen LogP contribution in [0.4, 0.5) is 5.82 Å². The molecule has 4 heteroatoms. The maximum Gasteiger partial charge on any atom is 0.189 e. The summed E-state index contributed by atoms with van der Waals surface area (Å²) >= 11 is 1.52. The third kappa shape index (κ3) is 2.12. The Balaban J connectivity index is 3.23. The van der Waals surface area contributed by atoms with E-state index in [4.69, 9.17) is 5.73 Å². The summed E-state index contributed by atoms with van der Waals surface area (Å²) in [6.45, 7) is 6.18. The maximum atomic E-state index is 5.83. The highest BCUT2D eigenvalue weighted by molar-refractivity contribution is 7.98. The molecular formula is C9H15N3S. The number of thioether (sulfide) groups is 1. The Morgan fingerprint density at radius 1 is 1.31 bits per heavy atom. The van der Waals surface area contributed by atoms with E-state index in [1.54, 1.807) is 0 Å². The van der Waals surface area contributed by atoms with Crippen LogP contribution in [0.5, 0.6) is 0 Å². The van der Waals surface area contributed by atoms with Crippen LogP contribution in [0.2, 0.25) is 0 Å². The molecule has 0 atom stereocenters.